The van der Waals surface area contributed by atoms with Crippen LogP contribution in [0.1, 0.15) is 19.3 Å². The van der Waals surface area contributed by atoms with Crippen LogP contribution in [0.25, 0.3) is 0 Å². The van der Waals surface area contributed by atoms with E-state index in [-0.39, 0.29) is 6.03 Å². The number of anilines is 1. The third kappa shape index (κ3) is 6.46. The molecule has 2 rings (SSSR count). The minimum atomic E-state index is -0.205. The van der Waals surface area contributed by atoms with Crippen LogP contribution in [0.15, 0.2) is 18.2 Å². The smallest absolute Gasteiger partial charge is 0.321 e. The van der Waals surface area contributed by atoms with Gasteiger partial charge in [-0.05, 0) is 44.1 Å². The Labute approximate surface area is 130 Å². The molecule has 0 aromatic heterocycles. The lowest BCUT2D eigenvalue weighted by Gasteiger charge is -2.12. The van der Waals surface area contributed by atoms with E-state index in [1.807, 2.05) is 0 Å². The second-order valence-corrected chi connectivity index (χ2v) is 5.58. The Morgan fingerprint density at radius 1 is 1.15 bits per heavy atom. The van der Waals surface area contributed by atoms with E-state index >= 15 is 0 Å². The normalized spacial score (nSPS) is 14.0. The van der Waals surface area contributed by atoms with Crippen molar-refractivity contribution in [1.29, 1.82) is 0 Å². The van der Waals surface area contributed by atoms with Gasteiger partial charge in [0, 0.05) is 19.8 Å². The Morgan fingerprint density at radius 2 is 1.80 bits per heavy atom. The van der Waals surface area contributed by atoms with E-state index in [4.69, 9.17) is 23.2 Å². The monoisotopic (exact) mass is 317 g/mol. The van der Waals surface area contributed by atoms with Crippen molar-refractivity contribution >= 4 is 34.9 Å². The van der Waals surface area contributed by atoms with Crippen LogP contribution in [0, 0.1) is 0 Å². The first kappa shape index (κ1) is 17.1. The van der Waals surface area contributed by atoms with Gasteiger partial charge >= 0.3 is 6.03 Å². The number of nitrogens with one attached hydrogen (secondary N) is 2. The molecule has 2 amide bonds. The van der Waals surface area contributed by atoms with Crippen molar-refractivity contribution in [2.45, 2.75) is 19.3 Å². The number of piperidine rings is 1. The third-order valence-corrected chi connectivity index (χ3v) is 3.52. The van der Waals surface area contributed by atoms with Crippen LogP contribution in [-0.2, 0) is 0 Å². The summed E-state index contributed by atoms with van der Waals surface area (Å²) in [4.78, 5) is 12.7. The molecule has 0 atom stereocenters. The number of benzene rings is 1. The molecule has 6 heteroatoms. The molecule has 112 valence electrons. The summed E-state index contributed by atoms with van der Waals surface area (Å²) in [6.07, 6.45) is 4.22. The van der Waals surface area contributed by atoms with Crippen molar-refractivity contribution in [3.8, 4) is 0 Å². The van der Waals surface area contributed by atoms with Gasteiger partial charge in [0.15, 0.2) is 0 Å². The van der Waals surface area contributed by atoms with Crippen molar-refractivity contribution in [3.63, 3.8) is 0 Å². The molecule has 1 saturated heterocycles. The Hall–Kier alpha value is -0.970. The molecule has 0 unspecified atom stereocenters. The summed E-state index contributed by atoms with van der Waals surface area (Å²) in [5.41, 5.74) is 0.623. The number of halogens is 2. The summed E-state index contributed by atoms with van der Waals surface area (Å²) in [7, 11) is 3.32. The van der Waals surface area contributed by atoms with E-state index in [2.05, 4.69) is 10.6 Å². The summed E-state index contributed by atoms with van der Waals surface area (Å²) in [5.74, 6) is 0. The number of nitrogens with zero attached hydrogens (tertiary/aromatic N) is 1. The van der Waals surface area contributed by atoms with Crippen molar-refractivity contribution < 1.29 is 4.79 Å². The minimum absolute atomic E-state index is 0.205. The number of carbonyl (C=O) groups excluding carboxylic acids is 1. The van der Waals surface area contributed by atoms with Crippen LogP contribution >= 0.6 is 23.2 Å². The molecule has 0 aliphatic carbocycles. The van der Waals surface area contributed by atoms with Gasteiger partial charge < -0.3 is 15.5 Å². The predicted octanol–water partition coefficient (Wildman–Crippen LogP) is 3.85. The number of hydrogen-bond acceptors (Lipinski definition) is 2. The van der Waals surface area contributed by atoms with Gasteiger partial charge in [0.2, 0.25) is 0 Å². The van der Waals surface area contributed by atoms with Gasteiger partial charge in [0.1, 0.15) is 0 Å². The zero-order chi connectivity index (χ0) is 15.0. The molecule has 1 heterocycles. The summed E-state index contributed by atoms with van der Waals surface area (Å²) < 4.78 is 0. The summed E-state index contributed by atoms with van der Waals surface area (Å²) in [5, 5.41) is 6.82. The number of carbonyl (C=O) groups is 1. The van der Waals surface area contributed by atoms with E-state index in [0.29, 0.717) is 15.7 Å². The Morgan fingerprint density at radius 3 is 2.20 bits per heavy atom. The van der Waals surface area contributed by atoms with E-state index in [1.165, 1.54) is 37.3 Å². The van der Waals surface area contributed by atoms with E-state index in [0.717, 1.165) is 0 Å². The first-order chi connectivity index (χ1) is 9.50. The number of urea groups is 1. The molecule has 0 bridgehead atoms. The second-order valence-electron chi connectivity index (χ2n) is 4.76. The summed E-state index contributed by atoms with van der Waals surface area (Å²) in [6.45, 7) is 2.50. The fourth-order valence-electron chi connectivity index (χ4n) is 1.61. The average Bonchev–Trinajstić information content (AvgIpc) is 2.45. The summed E-state index contributed by atoms with van der Waals surface area (Å²) in [6, 6.07) is 4.72. The van der Waals surface area contributed by atoms with Crippen molar-refractivity contribution in [1.82, 2.24) is 10.2 Å². The van der Waals surface area contributed by atoms with Crippen LogP contribution in [-0.4, -0.2) is 38.1 Å². The number of amides is 2. The topological polar surface area (TPSA) is 44.4 Å². The Balaban J connectivity index is 0.000000276. The van der Waals surface area contributed by atoms with Gasteiger partial charge in [0.05, 0.1) is 10.0 Å². The maximum Gasteiger partial charge on any atom is 0.321 e. The highest BCUT2D eigenvalue weighted by Gasteiger charge is 2.05. The molecule has 0 radical (unpaired) electrons. The van der Waals surface area contributed by atoms with Crippen LogP contribution < -0.4 is 10.6 Å². The minimum Gasteiger partial charge on any atom is -0.331 e. The highest BCUT2D eigenvalue weighted by Crippen LogP contribution is 2.24. The van der Waals surface area contributed by atoms with E-state index in [9.17, 15) is 4.79 Å². The van der Waals surface area contributed by atoms with Gasteiger partial charge in [-0.25, -0.2) is 4.79 Å². The standard InChI is InChI=1S/C9H10Cl2N2O.C5H11N/c1-13(2)9(14)12-6-3-4-7(10)8(11)5-6;1-2-4-6-5-3-1/h3-5H,1-2H3,(H,12,14);6H,1-5H2. The maximum absolute atomic E-state index is 11.2. The predicted molar refractivity (Wildman–Crippen MR) is 85.9 cm³/mol. The van der Waals surface area contributed by atoms with Crippen molar-refractivity contribution in [2.24, 2.45) is 0 Å². The average molecular weight is 318 g/mol. The molecule has 4 nitrogen and oxygen atoms in total. The van der Waals surface area contributed by atoms with Gasteiger partial charge in [-0.3, -0.25) is 0 Å². The molecular weight excluding hydrogens is 297 g/mol. The van der Waals surface area contributed by atoms with Gasteiger partial charge in [-0.1, -0.05) is 29.6 Å². The SMILES string of the molecule is C1CCNCC1.CN(C)C(=O)Nc1ccc(Cl)c(Cl)c1. The van der Waals surface area contributed by atoms with Crippen molar-refractivity contribution in [2.75, 3.05) is 32.5 Å². The maximum atomic E-state index is 11.2. The highest BCUT2D eigenvalue weighted by atomic mass is 35.5. The molecule has 20 heavy (non-hydrogen) atoms. The molecule has 1 aromatic rings. The van der Waals surface area contributed by atoms with Crippen LogP contribution in [0.5, 0.6) is 0 Å². The first-order valence-corrected chi connectivity index (χ1v) is 7.40. The van der Waals surface area contributed by atoms with E-state index < -0.39 is 0 Å². The highest BCUT2D eigenvalue weighted by molar-refractivity contribution is 6.42. The second kappa shape index (κ2) is 9.06. The molecule has 0 spiro atoms. The fraction of sp³-hybridized carbons (Fsp3) is 0.500. The lowest BCUT2D eigenvalue weighted by Crippen LogP contribution is -2.27. The fourth-order valence-corrected chi connectivity index (χ4v) is 1.91. The first-order valence-electron chi connectivity index (χ1n) is 6.65. The molecule has 1 aliphatic rings. The molecule has 0 saturated carbocycles. The molecule has 1 aliphatic heterocycles. The zero-order valence-electron chi connectivity index (χ0n) is 11.9. The van der Waals surface area contributed by atoms with Crippen LogP contribution in [0.4, 0.5) is 10.5 Å². The van der Waals surface area contributed by atoms with Gasteiger partial charge in [0.25, 0.3) is 0 Å². The van der Waals surface area contributed by atoms with Crippen molar-refractivity contribution in [3.05, 3.63) is 28.2 Å². The summed E-state index contributed by atoms with van der Waals surface area (Å²) >= 11 is 11.5. The lowest BCUT2D eigenvalue weighted by atomic mass is 10.2. The third-order valence-electron chi connectivity index (χ3n) is 2.78. The zero-order valence-corrected chi connectivity index (χ0v) is 13.4. The lowest BCUT2D eigenvalue weighted by molar-refractivity contribution is 0.230. The Kier molecular flexibility index (Phi) is 7.73. The van der Waals surface area contributed by atoms with Gasteiger partial charge in [-0.15, -0.1) is 0 Å². The molecule has 1 fully saturated rings. The van der Waals surface area contributed by atoms with Crippen LogP contribution in [0.3, 0.4) is 0 Å². The number of hydrogen-bond donors (Lipinski definition) is 2. The quantitative estimate of drug-likeness (QED) is 0.826. The number of rotatable bonds is 1. The Bertz CT molecular complexity index is 423. The molecular formula is C14H21Cl2N3O. The largest absolute Gasteiger partial charge is 0.331 e. The molecule has 2 N–H and O–H groups in total. The van der Waals surface area contributed by atoms with Gasteiger partial charge in [-0.2, -0.15) is 0 Å². The van der Waals surface area contributed by atoms with E-state index in [1.54, 1.807) is 32.3 Å². The van der Waals surface area contributed by atoms with Crippen LogP contribution in [0.2, 0.25) is 10.0 Å². The molecule has 1 aromatic carbocycles.